The summed E-state index contributed by atoms with van der Waals surface area (Å²) >= 11 is 2.20. The number of thiophene rings is 1. The molecule has 3 rings (SSSR count). The summed E-state index contributed by atoms with van der Waals surface area (Å²) in [6.45, 7) is 4.34. The van der Waals surface area contributed by atoms with Crippen molar-refractivity contribution in [2.24, 2.45) is 0 Å². The van der Waals surface area contributed by atoms with E-state index in [1.165, 1.54) is 26.0 Å². The number of rotatable bonds is 9. The van der Waals surface area contributed by atoms with Crippen molar-refractivity contribution in [1.82, 2.24) is 19.7 Å². The summed E-state index contributed by atoms with van der Waals surface area (Å²) in [5, 5.41) is 12.1. The second-order valence-electron chi connectivity index (χ2n) is 6.77. The number of hydrogen-bond donors (Lipinski definition) is 1. The van der Waals surface area contributed by atoms with Crippen LogP contribution in [0.15, 0.2) is 29.7 Å². The lowest BCUT2D eigenvalue weighted by molar-refractivity contribution is -0.113. The number of carbonyl (C=O) groups is 3. The molecule has 0 spiro atoms. The van der Waals surface area contributed by atoms with Crippen molar-refractivity contribution in [2.75, 3.05) is 25.3 Å². The van der Waals surface area contributed by atoms with Crippen LogP contribution in [0.2, 0.25) is 0 Å². The number of nitrogens with one attached hydrogen (secondary N) is 1. The fraction of sp³-hybridized carbons (Fsp3) is 0.333. The Labute approximate surface area is 198 Å². The summed E-state index contributed by atoms with van der Waals surface area (Å²) in [5.74, 6) is -0.866. The molecule has 12 heteroatoms. The van der Waals surface area contributed by atoms with Crippen molar-refractivity contribution < 1.29 is 23.9 Å². The van der Waals surface area contributed by atoms with E-state index in [-0.39, 0.29) is 27.1 Å². The Balaban J connectivity index is 1.78. The molecular weight excluding hydrogens is 466 g/mol. The first kappa shape index (κ1) is 24.4. The van der Waals surface area contributed by atoms with Crippen LogP contribution in [0.4, 0.5) is 5.00 Å². The molecule has 0 unspecified atom stereocenters. The molecule has 1 N–H and O–H groups in total. The van der Waals surface area contributed by atoms with E-state index in [2.05, 4.69) is 20.5 Å². The highest BCUT2D eigenvalue weighted by atomic mass is 32.2. The van der Waals surface area contributed by atoms with Crippen LogP contribution in [0.3, 0.4) is 0 Å². The molecule has 10 nitrogen and oxygen atoms in total. The predicted molar refractivity (Wildman–Crippen MR) is 125 cm³/mol. The Hall–Kier alpha value is -3.25. The van der Waals surface area contributed by atoms with Crippen molar-refractivity contribution in [3.8, 4) is 11.4 Å². The molecule has 0 aliphatic carbocycles. The van der Waals surface area contributed by atoms with E-state index in [1.807, 2.05) is 23.6 Å². The standard InChI is InChI=1S/C21H23N5O5S2/c1-5-10-26-17(13-6-8-22-9-7-13)24-25-21(26)32-11-14(27)23-18-15(19(28)30-3)12(2)16(33-18)20(29)31-4/h6-9H,5,10-11H2,1-4H3,(H,23,27). The number of pyridine rings is 1. The number of anilines is 1. The van der Waals surface area contributed by atoms with Crippen LogP contribution in [0.1, 0.15) is 38.9 Å². The van der Waals surface area contributed by atoms with Gasteiger partial charge in [-0.15, -0.1) is 21.5 Å². The molecule has 0 aliphatic heterocycles. The largest absolute Gasteiger partial charge is 0.465 e. The molecule has 0 saturated heterocycles. The number of carbonyl (C=O) groups excluding carboxylic acids is 3. The SMILES string of the molecule is CCCn1c(SCC(=O)Nc2sc(C(=O)OC)c(C)c2C(=O)OC)nnc1-c1ccncc1. The zero-order chi connectivity index (χ0) is 24.0. The lowest BCUT2D eigenvalue weighted by Crippen LogP contribution is -2.16. The Morgan fingerprint density at radius 1 is 1.12 bits per heavy atom. The molecule has 3 aromatic rings. The van der Waals surface area contributed by atoms with Crippen LogP contribution in [-0.4, -0.2) is 57.6 Å². The van der Waals surface area contributed by atoms with Gasteiger partial charge in [0.05, 0.1) is 25.5 Å². The normalized spacial score (nSPS) is 10.7. The Kier molecular flexibility index (Phi) is 8.17. The van der Waals surface area contributed by atoms with E-state index in [4.69, 9.17) is 9.47 Å². The van der Waals surface area contributed by atoms with Gasteiger partial charge in [0.25, 0.3) is 0 Å². The van der Waals surface area contributed by atoms with E-state index >= 15 is 0 Å². The number of methoxy groups -OCH3 is 2. The number of aromatic nitrogens is 4. The first-order valence-electron chi connectivity index (χ1n) is 9.97. The first-order valence-corrected chi connectivity index (χ1v) is 11.8. The Morgan fingerprint density at radius 2 is 1.82 bits per heavy atom. The van der Waals surface area contributed by atoms with E-state index in [0.717, 1.165) is 23.3 Å². The number of thioether (sulfide) groups is 1. The average molecular weight is 490 g/mol. The van der Waals surface area contributed by atoms with E-state index in [9.17, 15) is 14.4 Å². The average Bonchev–Trinajstić information content (AvgIpc) is 3.38. The smallest absolute Gasteiger partial charge is 0.348 e. The zero-order valence-corrected chi connectivity index (χ0v) is 20.2. The summed E-state index contributed by atoms with van der Waals surface area (Å²) in [5.41, 5.74) is 1.41. The molecule has 174 valence electrons. The van der Waals surface area contributed by atoms with Crippen molar-refractivity contribution >= 4 is 45.9 Å². The molecular formula is C21H23N5O5S2. The van der Waals surface area contributed by atoms with Gasteiger partial charge in [-0.3, -0.25) is 9.78 Å². The maximum atomic E-state index is 12.7. The van der Waals surface area contributed by atoms with Gasteiger partial charge in [0.2, 0.25) is 5.91 Å². The lowest BCUT2D eigenvalue weighted by Gasteiger charge is -2.09. The van der Waals surface area contributed by atoms with Crippen LogP contribution in [0.5, 0.6) is 0 Å². The highest BCUT2D eigenvalue weighted by Gasteiger charge is 2.27. The molecule has 0 aromatic carbocycles. The third kappa shape index (κ3) is 5.40. The van der Waals surface area contributed by atoms with Crippen molar-refractivity contribution in [3.05, 3.63) is 40.5 Å². The molecule has 0 radical (unpaired) electrons. The number of amides is 1. The van der Waals surface area contributed by atoms with Crippen molar-refractivity contribution in [2.45, 2.75) is 32.0 Å². The van der Waals surface area contributed by atoms with Gasteiger partial charge < -0.3 is 19.4 Å². The van der Waals surface area contributed by atoms with Crippen molar-refractivity contribution in [1.29, 1.82) is 0 Å². The van der Waals surface area contributed by atoms with Gasteiger partial charge in [-0.1, -0.05) is 18.7 Å². The molecule has 0 aliphatic rings. The summed E-state index contributed by atoms with van der Waals surface area (Å²) in [7, 11) is 2.49. The minimum Gasteiger partial charge on any atom is -0.465 e. The first-order chi connectivity index (χ1) is 15.9. The molecule has 33 heavy (non-hydrogen) atoms. The Morgan fingerprint density at radius 3 is 2.45 bits per heavy atom. The highest BCUT2D eigenvalue weighted by Crippen LogP contribution is 2.34. The predicted octanol–water partition coefficient (Wildman–Crippen LogP) is 3.42. The van der Waals surface area contributed by atoms with Gasteiger partial charge in [0.1, 0.15) is 9.88 Å². The Bertz CT molecular complexity index is 1160. The summed E-state index contributed by atoms with van der Waals surface area (Å²) in [6, 6.07) is 3.70. The summed E-state index contributed by atoms with van der Waals surface area (Å²) < 4.78 is 11.5. The van der Waals surface area contributed by atoms with Crippen LogP contribution in [-0.2, 0) is 20.8 Å². The van der Waals surface area contributed by atoms with Gasteiger partial charge in [0.15, 0.2) is 11.0 Å². The van der Waals surface area contributed by atoms with Gasteiger partial charge in [0, 0.05) is 24.5 Å². The van der Waals surface area contributed by atoms with E-state index in [1.54, 1.807) is 19.3 Å². The maximum Gasteiger partial charge on any atom is 0.348 e. The monoisotopic (exact) mass is 489 g/mol. The highest BCUT2D eigenvalue weighted by molar-refractivity contribution is 7.99. The number of hydrogen-bond acceptors (Lipinski definition) is 10. The summed E-state index contributed by atoms with van der Waals surface area (Å²) in [6.07, 6.45) is 4.24. The van der Waals surface area contributed by atoms with Crippen LogP contribution in [0, 0.1) is 6.92 Å². The maximum absolute atomic E-state index is 12.7. The number of nitrogens with zero attached hydrogens (tertiary/aromatic N) is 4. The van der Waals surface area contributed by atoms with Crippen molar-refractivity contribution in [3.63, 3.8) is 0 Å². The third-order valence-electron chi connectivity index (χ3n) is 4.59. The summed E-state index contributed by atoms with van der Waals surface area (Å²) in [4.78, 5) is 41.2. The van der Waals surface area contributed by atoms with E-state index in [0.29, 0.717) is 23.1 Å². The van der Waals surface area contributed by atoms with Crippen LogP contribution < -0.4 is 5.32 Å². The fourth-order valence-electron chi connectivity index (χ4n) is 3.06. The molecule has 3 aromatic heterocycles. The lowest BCUT2D eigenvalue weighted by atomic mass is 10.1. The molecule has 0 atom stereocenters. The number of esters is 2. The van der Waals surface area contributed by atoms with Gasteiger partial charge in [-0.2, -0.15) is 0 Å². The minimum absolute atomic E-state index is 0.0311. The fourth-order valence-corrected chi connectivity index (χ4v) is 4.96. The molecule has 0 fully saturated rings. The molecule has 3 heterocycles. The topological polar surface area (TPSA) is 125 Å². The molecule has 0 saturated carbocycles. The van der Waals surface area contributed by atoms with Gasteiger partial charge >= 0.3 is 11.9 Å². The van der Waals surface area contributed by atoms with Crippen LogP contribution >= 0.6 is 23.1 Å². The van der Waals surface area contributed by atoms with Gasteiger partial charge in [-0.25, -0.2) is 9.59 Å². The van der Waals surface area contributed by atoms with Gasteiger partial charge in [-0.05, 0) is 31.0 Å². The minimum atomic E-state index is -0.647. The second-order valence-corrected chi connectivity index (χ2v) is 8.74. The zero-order valence-electron chi connectivity index (χ0n) is 18.6. The quantitative estimate of drug-likeness (QED) is 0.355. The third-order valence-corrected chi connectivity index (χ3v) is 6.75. The molecule has 1 amide bonds. The number of ether oxygens (including phenoxy) is 2. The molecule has 0 bridgehead atoms. The van der Waals surface area contributed by atoms with Crippen LogP contribution in [0.25, 0.3) is 11.4 Å². The second kappa shape index (κ2) is 11.1. The van der Waals surface area contributed by atoms with E-state index < -0.39 is 11.9 Å².